The molecule has 0 fully saturated rings. The minimum atomic E-state index is -0.248. The normalized spacial score (nSPS) is 9.88. The molecule has 1 aromatic carbocycles. The number of benzene rings is 1. The van der Waals surface area contributed by atoms with Crippen molar-refractivity contribution in [3.63, 3.8) is 0 Å². The van der Waals surface area contributed by atoms with Crippen molar-refractivity contribution < 1.29 is 4.79 Å². The minimum Gasteiger partial charge on any atom is -0.337 e. The van der Waals surface area contributed by atoms with Crippen LogP contribution < -0.4 is 10.6 Å². The summed E-state index contributed by atoms with van der Waals surface area (Å²) in [6.07, 6.45) is 4.17. The van der Waals surface area contributed by atoms with Gasteiger partial charge in [0.1, 0.15) is 5.69 Å². The molecule has 2 heterocycles. The Bertz CT molecular complexity index is 937. The number of carbonyl (C=O) groups is 1. The fourth-order valence-electron chi connectivity index (χ4n) is 2.37. The van der Waals surface area contributed by atoms with Crippen LogP contribution in [0.5, 0.6) is 0 Å². The Morgan fingerprint density at radius 1 is 1.12 bits per heavy atom. The number of hydrogen-bond acceptors (Lipinski definition) is 3. The largest absolute Gasteiger partial charge is 0.337 e. The highest BCUT2D eigenvalue weighted by molar-refractivity contribution is 5.89. The number of urea groups is 1. The van der Waals surface area contributed by atoms with Gasteiger partial charge in [-0.1, -0.05) is 18.1 Å². The summed E-state index contributed by atoms with van der Waals surface area (Å²) in [4.78, 5) is 16.2. The van der Waals surface area contributed by atoms with Gasteiger partial charge < -0.3 is 10.6 Å². The Labute approximate surface area is 152 Å². The second kappa shape index (κ2) is 8.49. The van der Waals surface area contributed by atoms with E-state index in [-0.39, 0.29) is 6.03 Å². The van der Waals surface area contributed by atoms with Crippen molar-refractivity contribution in [2.45, 2.75) is 6.42 Å². The third-order valence-electron chi connectivity index (χ3n) is 3.71. The number of rotatable bonds is 4. The Morgan fingerprint density at radius 3 is 2.81 bits per heavy atom. The van der Waals surface area contributed by atoms with Gasteiger partial charge in [0, 0.05) is 49.4 Å². The summed E-state index contributed by atoms with van der Waals surface area (Å²) in [6, 6.07) is 14.7. The van der Waals surface area contributed by atoms with Crippen LogP contribution in [0, 0.1) is 11.8 Å². The molecule has 26 heavy (non-hydrogen) atoms. The molecule has 3 aromatic rings. The Morgan fingerprint density at radius 2 is 2.04 bits per heavy atom. The van der Waals surface area contributed by atoms with E-state index in [1.165, 1.54) is 0 Å². The molecule has 0 atom stereocenters. The number of amides is 2. The lowest BCUT2D eigenvalue weighted by atomic mass is 10.2. The number of aromatic nitrogens is 3. The molecule has 0 unspecified atom stereocenters. The van der Waals surface area contributed by atoms with Crippen molar-refractivity contribution in [2.24, 2.45) is 7.05 Å². The summed E-state index contributed by atoms with van der Waals surface area (Å²) in [7, 11) is 1.88. The van der Waals surface area contributed by atoms with Crippen LogP contribution >= 0.6 is 0 Å². The number of nitrogens with one attached hydrogen (secondary N) is 2. The minimum absolute atomic E-state index is 0.248. The highest BCUT2D eigenvalue weighted by atomic mass is 16.2. The van der Waals surface area contributed by atoms with E-state index >= 15 is 0 Å². The summed E-state index contributed by atoms with van der Waals surface area (Å²) in [6.45, 7) is 0.532. The maximum atomic E-state index is 12.0. The van der Waals surface area contributed by atoms with Crippen LogP contribution in [0.3, 0.4) is 0 Å². The number of hydrogen-bond donors (Lipinski definition) is 2. The molecule has 0 aliphatic rings. The zero-order chi connectivity index (χ0) is 18.2. The Hall–Kier alpha value is -3.59. The first-order valence-electron chi connectivity index (χ1n) is 8.25. The molecule has 6 nitrogen and oxygen atoms in total. The van der Waals surface area contributed by atoms with E-state index < -0.39 is 0 Å². The lowest BCUT2D eigenvalue weighted by molar-refractivity contribution is 0.252. The molecule has 130 valence electrons. The Balaban J connectivity index is 1.54. The van der Waals surface area contributed by atoms with Gasteiger partial charge >= 0.3 is 6.03 Å². The zero-order valence-corrected chi connectivity index (χ0v) is 14.4. The monoisotopic (exact) mass is 345 g/mol. The van der Waals surface area contributed by atoms with Gasteiger partial charge in [-0.2, -0.15) is 5.10 Å². The maximum Gasteiger partial charge on any atom is 0.319 e. The molecular weight excluding hydrogens is 326 g/mol. The molecular formula is C20H19N5O. The third-order valence-corrected chi connectivity index (χ3v) is 3.71. The van der Waals surface area contributed by atoms with E-state index in [1.807, 2.05) is 55.6 Å². The Kier molecular flexibility index (Phi) is 5.63. The first-order valence-corrected chi connectivity index (χ1v) is 8.25. The predicted molar refractivity (Wildman–Crippen MR) is 101 cm³/mol. The summed E-state index contributed by atoms with van der Waals surface area (Å²) in [5, 5.41) is 9.76. The smallest absolute Gasteiger partial charge is 0.319 e. The molecule has 0 radical (unpaired) electrons. The first-order chi connectivity index (χ1) is 12.7. The molecule has 2 aromatic heterocycles. The molecule has 3 rings (SSSR count). The van der Waals surface area contributed by atoms with Gasteiger partial charge in [-0.3, -0.25) is 4.68 Å². The molecule has 2 amide bonds. The van der Waals surface area contributed by atoms with Crippen LogP contribution in [-0.2, 0) is 13.5 Å². The third kappa shape index (κ3) is 4.95. The van der Waals surface area contributed by atoms with Crippen LogP contribution in [0.4, 0.5) is 10.5 Å². The van der Waals surface area contributed by atoms with Crippen molar-refractivity contribution in [1.82, 2.24) is 20.1 Å². The molecule has 0 saturated heterocycles. The second-order valence-corrected chi connectivity index (χ2v) is 5.62. The molecule has 6 heteroatoms. The van der Waals surface area contributed by atoms with Gasteiger partial charge in [-0.25, -0.2) is 9.78 Å². The number of anilines is 1. The molecule has 0 spiro atoms. The highest BCUT2D eigenvalue weighted by Gasteiger charge is 2.03. The van der Waals surface area contributed by atoms with Gasteiger partial charge in [0.25, 0.3) is 0 Å². The summed E-state index contributed by atoms with van der Waals surface area (Å²) in [5.74, 6) is 6.05. The molecule has 0 saturated carbocycles. The molecule has 2 N–H and O–H groups in total. The van der Waals surface area contributed by atoms with Crippen LogP contribution in [0.25, 0.3) is 0 Å². The van der Waals surface area contributed by atoms with E-state index in [0.29, 0.717) is 17.9 Å². The van der Waals surface area contributed by atoms with E-state index in [9.17, 15) is 4.79 Å². The fourth-order valence-corrected chi connectivity index (χ4v) is 2.37. The summed E-state index contributed by atoms with van der Waals surface area (Å²) >= 11 is 0. The van der Waals surface area contributed by atoms with E-state index in [0.717, 1.165) is 17.7 Å². The van der Waals surface area contributed by atoms with Crippen LogP contribution in [0.1, 0.15) is 17.0 Å². The van der Waals surface area contributed by atoms with Gasteiger partial charge in [0.15, 0.2) is 0 Å². The second-order valence-electron chi connectivity index (χ2n) is 5.62. The van der Waals surface area contributed by atoms with Crippen molar-refractivity contribution in [1.29, 1.82) is 0 Å². The van der Waals surface area contributed by atoms with Gasteiger partial charge in [-0.05, 0) is 42.3 Å². The van der Waals surface area contributed by atoms with Crippen molar-refractivity contribution in [3.8, 4) is 11.8 Å². The fraction of sp³-hybridized carbons (Fsp3) is 0.150. The number of aryl methyl sites for hydroxylation is 1. The summed E-state index contributed by atoms with van der Waals surface area (Å²) < 4.78 is 1.79. The van der Waals surface area contributed by atoms with E-state index in [4.69, 9.17) is 0 Å². The lowest BCUT2D eigenvalue weighted by Gasteiger charge is -2.08. The van der Waals surface area contributed by atoms with Crippen LogP contribution in [-0.4, -0.2) is 27.3 Å². The lowest BCUT2D eigenvalue weighted by Crippen LogP contribution is -2.30. The summed E-state index contributed by atoms with van der Waals surface area (Å²) in [5.41, 5.74) is 3.27. The van der Waals surface area contributed by atoms with Crippen molar-refractivity contribution in [3.05, 3.63) is 77.9 Å². The van der Waals surface area contributed by atoms with Crippen LogP contribution in [0.2, 0.25) is 0 Å². The van der Waals surface area contributed by atoms with Gasteiger partial charge in [0.05, 0.1) is 0 Å². The molecule has 0 aliphatic carbocycles. The zero-order valence-electron chi connectivity index (χ0n) is 14.4. The number of carbonyl (C=O) groups excluding carboxylic acids is 1. The first kappa shape index (κ1) is 17.2. The molecule has 0 aliphatic heterocycles. The number of nitrogens with zero attached hydrogens (tertiary/aromatic N) is 3. The quantitative estimate of drug-likeness (QED) is 0.714. The van der Waals surface area contributed by atoms with Gasteiger partial charge in [0.2, 0.25) is 0 Å². The predicted octanol–water partition coefficient (Wildman–Crippen LogP) is 2.58. The average molecular weight is 345 g/mol. The average Bonchev–Trinajstić information content (AvgIpc) is 3.06. The maximum absolute atomic E-state index is 12.0. The van der Waals surface area contributed by atoms with Gasteiger partial charge in [-0.15, -0.1) is 0 Å². The van der Waals surface area contributed by atoms with Crippen LogP contribution in [0.15, 0.2) is 60.9 Å². The SMILES string of the molecule is Cn1nccc1CCNC(=O)Nc1cccc(C#Cc2ccccn2)c1. The van der Waals surface area contributed by atoms with Crippen molar-refractivity contribution >= 4 is 11.7 Å². The van der Waals surface area contributed by atoms with Crippen molar-refractivity contribution in [2.75, 3.05) is 11.9 Å². The number of pyridine rings is 1. The molecule has 0 bridgehead atoms. The highest BCUT2D eigenvalue weighted by Crippen LogP contribution is 2.09. The standard InChI is InChI=1S/C20H19N5O/c1-25-19(11-14-23-25)10-13-22-20(26)24-18-7-4-5-16(15-18)8-9-17-6-2-3-12-21-17/h2-7,11-12,14-15H,10,13H2,1H3,(H2,22,24,26). The van der Waals surface area contributed by atoms with E-state index in [2.05, 4.69) is 32.6 Å². The van der Waals surface area contributed by atoms with E-state index in [1.54, 1.807) is 17.1 Å². The topological polar surface area (TPSA) is 71.8 Å².